The van der Waals surface area contributed by atoms with Gasteiger partial charge in [-0.2, -0.15) is 0 Å². The number of sulfonamides is 1. The highest BCUT2D eigenvalue weighted by Gasteiger charge is 2.17. The molecule has 26 heavy (non-hydrogen) atoms. The molecular formula is C18H23N3O3S2. The number of thiazole rings is 1. The van der Waals surface area contributed by atoms with Crippen molar-refractivity contribution in [3.05, 3.63) is 40.4 Å². The summed E-state index contributed by atoms with van der Waals surface area (Å²) in [5, 5.41) is 3.46. The van der Waals surface area contributed by atoms with Crippen molar-refractivity contribution in [2.75, 3.05) is 11.9 Å². The highest BCUT2D eigenvalue weighted by molar-refractivity contribution is 7.89. The number of hydrogen-bond acceptors (Lipinski definition) is 5. The van der Waals surface area contributed by atoms with Gasteiger partial charge in [-0.15, -0.1) is 11.3 Å². The summed E-state index contributed by atoms with van der Waals surface area (Å²) in [6.07, 6.45) is 6.80. The van der Waals surface area contributed by atoms with Crippen LogP contribution < -0.4 is 10.0 Å². The van der Waals surface area contributed by atoms with E-state index in [9.17, 15) is 13.2 Å². The van der Waals surface area contributed by atoms with Gasteiger partial charge in [0, 0.05) is 17.0 Å². The molecule has 0 aliphatic heterocycles. The van der Waals surface area contributed by atoms with Crippen LogP contribution in [0.15, 0.2) is 29.2 Å². The summed E-state index contributed by atoms with van der Waals surface area (Å²) in [6.45, 7) is 2.04. The molecule has 6 nitrogen and oxygen atoms in total. The van der Waals surface area contributed by atoms with E-state index in [2.05, 4.69) is 15.0 Å². The molecule has 0 atom stereocenters. The number of fused-ring (bicyclic) bond motifs is 1. The minimum Gasteiger partial charge on any atom is -0.298 e. The van der Waals surface area contributed by atoms with Gasteiger partial charge in [0.15, 0.2) is 5.13 Å². The third kappa shape index (κ3) is 4.49. The monoisotopic (exact) mass is 393 g/mol. The molecule has 1 aliphatic rings. The lowest BCUT2D eigenvalue weighted by Gasteiger charge is -2.06. The molecule has 1 aromatic heterocycles. The SMILES string of the molecule is CCNS(=O)(=O)c1ccc(C(=O)Nc2nc3c(s2)CCCCCC3)cc1. The number of carbonyl (C=O) groups excluding carboxylic acids is 1. The van der Waals surface area contributed by atoms with Crippen LogP contribution in [0.5, 0.6) is 0 Å². The van der Waals surface area contributed by atoms with E-state index in [1.165, 1.54) is 48.4 Å². The lowest BCUT2D eigenvalue weighted by molar-refractivity contribution is 0.102. The zero-order chi connectivity index (χ0) is 18.6. The highest BCUT2D eigenvalue weighted by Crippen LogP contribution is 2.28. The molecule has 3 rings (SSSR count). The number of amides is 1. The number of hydrogen-bond donors (Lipinski definition) is 2. The van der Waals surface area contributed by atoms with Crippen LogP contribution in [0, 0.1) is 0 Å². The summed E-state index contributed by atoms with van der Waals surface area (Å²) in [6, 6.07) is 5.91. The molecule has 8 heteroatoms. The Morgan fingerprint density at radius 1 is 1.12 bits per heavy atom. The molecule has 2 aromatic rings. The van der Waals surface area contributed by atoms with Gasteiger partial charge in [0.25, 0.3) is 5.91 Å². The molecule has 0 spiro atoms. The van der Waals surface area contributed by atoms with Gasteiger partial charge in [0.2, 0.25) is 10.0 Å². The molecule has 1 aliphatic carbocycles. The third-order valence-electron chi connectivity index (χ3n) is 4.33. The van der Waals surface area contributed by atoms with Crippen LogP contribution in [-0.2, 0) is 22.9 Å². The largest absolute Gasteiger partial charge is 0.298 e. The van der Waals surface area contributed by atoms with Crippen molar-refractivity contribution in [1.29, 1.82) is 0 Å². The molecule has 0 unspecified atom stereocenters. The average molecular weight is 394 g/mol. The number of carbonyl (C=O) groups is 1. The zero-order valence-corrected chi connectivity index (χ0v) is 16.4. The molecule has 1 heterocycles. The summed E-state index contributed by atoms with van der Waals surface area (Å²) in [5.74, 6) is -0.279. The van der Waals surface area contributed by atoms with E-state index in [0.29, 0.717) is 17.2 Å². The van der Waals surface area contributed by atoms with Crippen molar-refractivity contribution < 1.29 is 13.2 Å². The summed E-state index contributed by atoms with van der Waals surface area (Å²) in [7, 11) is -3.51. The van der Waals surface area contributed by atoms with Crippen LogP contribution in [0.1, 0.15) is 53.5 Å². The van der Waals surface area contributed by atoms with Crippen LogP contribution in [0.25, 0.3) is 0 Å². The Hall–Kier alpha value is -1.77. The van der Waals surface area contributed by atoms with Crippen molar-refractivity contribution in [1.82, 2.24) is 9.71 Å². The third-order valence-corrected chi connectivity index (χ3v) is 6.96. The lowest BCUT2D eigenvalue weighted by atomic mass is 10.0. The number of anilines is 1. The Bertz CT molecular complexity index is 848. The Morgan fingerprint density at radius 2 is 1.81 bits per heavy atom. The molecule has 0 fully saturated rings. The van der Waals surface area contributed by atoms with Crippen molar-refractivity contribution in [2.45, 2.75) is 50.3 Å². The summed E-state index contributed by atoms with van der Waals surface area (Å²) in [5.41, 5.74) is 1.51. The molecule has 1 amide bonds. The highest BCUT2D eigenvalue weighted by atomic mass is 32.2. The molecule has 0 bridgehead atoms. The van der Waals surface area contributed by atoms with Crippen molar-refractivity contribution in [3.8, 4) is 0 Å². The van der Waals surface area contributed by atoms with Crippen molar-refractivity contribution >= 4 is 32.4 Å². The number of aromatic nitrogens is 1. The molecule has 1 aromatic carbocycles. The number of benzene rings is 1. The maximum Gasteiger partial charge on any atom is 0.257 e. The first-order chi connectivity index (χ1) is 12.5. The van der Waals surface area contributed by atoms with E-state index in [4.69, 9.17) is 0 Å². The van der Waals surface area contributed by atoms with Gasteiger partial charge in [-0.05, 0) is 49.9 Å². The van der Waals surface area contributed by atoms with E-state index < -0.39 is 10.0 Å². The predicted octanol–water partition coefficient (Wildman–Crippen LogP) is 3.35. The molecule has 0 saturated carbocycles. The average Bonchev–Trinajstić information content (AvgIpc) is 2.95. The summed E-state index contributed by atoms with van der Waals surface area (Å²) >= 11 is 1.55. The first kappa shape index (κ1) is 19.0. The van der Waals surface area contributed by atoms with Gasteiger partial charge < -0.3 is 0 Å². The first-order valence-electron chi connectivity index (χ1n) is 8.89. The fourth-order valence-corrected chi connectivity index (χ4v) is 5.07. The summed E-state index contributed by atoms with van der Waals surface area (Å²) in [4.78, 5) is 18.4. The van der Waals surface area contributed by atoms with Crippen LogP contribution in [0.2, 0.25) is 0 Å². The van der Waals surface area contributed by atoms with Crippen LogP contribution in [0.4, 0.5) is 5.13 Å². The molecule has 0 radical (unpaired) electrons. The molecule has 2 N–H and O–H groups in total. The van der Waals surface area contributed by atoms with E-state index >= 15 is 0 Å². The van der Waals surface area contributed by atoms with Gasteiger partial charge in [-0.1, -0.05) is 19.8 Å². The Labute approximate surface area is 158 Å². The second-order valence-electron chi connectivity index (χ2n) is 6.28. The number of nitrogens with zero attached hydrogens (tertiary/aromatic N) is 1. The number of rotatable bonds is 5. The molecule has 0 saturated heterocycles. The molecular weight excluding hydrogens is 370 g/mol. The van der Waals surface area contributed by atoms with Gasteiger partial charge >= 0.3 is 0 Å². The van der Waals surface area contributed by atoms with Gasteiger partial charge in [0.1, 0.15) is 0 Å². The Kier molecular flexibility index (Phi) is 6.05. The second kappa shape index (κ2) is 8.28. The van der Waals surface area contributed by atoms with Gasteiger partial charge in [-0.25, -0.2) is 18.1 Å². The maximum absolute atomic E-state index is 12.4. The van der Waals surface area contributed by atoms with E-state index in [1.54, 1.807) is 18.3 Å². The minimum absolute atomic E-state index is 0.146. The quantitative estimate of drug-likeness (QED) is 0.815. The van der Waals surface area contributed by atoms with Gasteiger partial charge in [-0.3, -0.25) is 10.1 Å². The maximum atomic E-state index is 12.4. The Morgan fingerprint density at radius 3 is 2.50 bits per heavy atom. The van der Waals surface area contributed by atoms with E-state index in [-0.39, 0.29) is 10.8 Å². The number of nitrogens with one attached hydrogen (secondary N) is 2. The van der Waals surface area contributed by atoms with Crippen molar-refractivity contribution in [2.24, 2.45) is 0 Å². The predicted molar refractivity (Wildman–Crippen MR) is 103 cm³/mol. The van der Waals surface area contributed by atoms with Crippen LogP contribution in [0.3, 0.4) is 0 Å². The minimum atomic E-state index is -3.51. The normalized spacial score (nSPS) is 15.0. The van der Waals surface area contributed by atoms with Crippen molar-refractivity contribution in [3.63, 3.8) is 0 Å². The van der Waals surface area contributed by atoms with Crippen LogP contribution >= 0.6 is 11.3 Å². The Balaban J connectivity index is 1.71. The fourth-order valence-electron chi connectivity index (χ4n) is 2.99. The van der Waals surface area contributed by atoms with E-state index in [1.807, 2.05) is 0 Å². The number of aryl methyl sites for hydroxylation is 2. The fraction of sp³-hybridized carbons (Fsp3) is 0.444. The lowest BCUT2D eigenvalue weighted by Crippen LogP contribution is -2.23. The van der Waals surface area contributed by atoms with Crippen LogP contribution in [-0.4, -0.2) is 25.9 Å². The smallest absolute Gasteiger partial charge is 0.257 e. The first-order valence-corrected chi connectivity index (χ1v) is 11.2. The van der Waals surface area contributed by atoms with E-state index in [0.717, 1.165) is 25.0 Å². The molecule has 140 valence electrons. The second-order valence-corrected chi connectivity index (χ2v) is 9.13. The zero-order valence-electron chi connectivity index (χ0n) is 14.7. The standard InChI is InChI=1S/C18H23N3O3S2/c1-2-19-26(23,24)14-11-9-13(10-12-14)17(22)21-18-20-15-7-5-3-4-6-8-16(15)25-18/h9-12,19H,2-8H2,1H3,(H,20,21,22). The summed E-state index contributed by atoms with van der Waals surface area (Å²) < 4.78 is 26.3. The topological polar surface area (TPSA) is 88.2 Å². The van der Waals surface area contributed by atoms with Gasteiger partial charge in [0.05, 0.1) is 10.6 Å².